The number of benzene rings is 1. The number of fused-ring (bicyclic) bond motifs is 1. The molecule has 1 heterocycles. The summed E-state index contributed by atoms with van der Waals surface area (Å²) in [5.41, 5.74) is 0.672. The lowest BCUT2D eigenvalue weighted by atomic mass is 10.1. The minimum Gasteiger partial charge on any atom is -0.475 e. The highest BCUT2D eigenvalue weighted by Crippen LogP contribution is 2.36. The molecule has 2 rings (SSSR count). The number of carbonyl (C=O) groups excluding carboxylic acids is 1. The number of ether oxygens (including phenoxy) is 1. The molecule has 2 aromatic rings. The second kappa shape index (κ2) is 9.04. The first kappa shape index (κ1) is 24.9. The van der Waals surface area contributed by atoms with Gasteiger partial charge in [0.25, 0.3) is 0 Å². The van der Waals surface area contributed by atoms with Crippen LogP contribution in [-0.4, -0.2) is 49.1 Å². The molecule has 0 atom stereocenters. The van der Waals surface area contributed by atoms with Gasteiger partial charge in [-0.15, -0.1) is 0 Å². The van der Waals surface area contributed by atoms with Gasteiger partial charge in [-0.3, -0.25) is 0 Å². The van der Waals surface area contributed by atoms with E-state index in [1.54, 1.807) is 17.0 Å². The van der Waals surface area contributed by atoms with E-state index in [1.165, 1.54) is 6.07 Å². The van der Waals surface area contributed by atoms with E-state index >= 15 is 0 Å². The predicted octanol–water partition coefficient (Wildman–Crippen LogP) is 5.89. The zero-order chi connectivity index (χ0) is 23.6. The fourth-order valence-corrected chi connectivity index (χ4v) is 3.72. The van der Waals surface area contributed by atoms with Crippen molar-refractivity contribution in [3.8, 4) is 0 Å². The van der Waals surface area contributed by atoms with E-state index in [9.17, 15) is 9.59 Å². The maximum Gasteiger partial charge on any atom is 0.410 e. The van der Waals surface area contributed by atoms with Crippen molar-refractivity contribution in [1.29, 1.82) is 0 Å². The Bertz CT molecular complexity index is 936. The van der Waals surface area contributed by atoms with Crippen molar-refractivity contribution >= 4 is 31.3 Å². The highest BCUT2D eigenvalue weighted by Gasteiger charge is 2.37. The highest BCUT2D eigenvalue weighted by atomic mass is 28.4. The van der Waals surface area contributed by atoms with Gasteiger partial charge in [-0.2, -0.15) is 0 Å². The second-order valence-electron chi connectivity index (χ2n) is 10.3. The molecule has 0 aliphatic rings. The zero-order valence-corrected chi connectivity index (χ0v) is 20.9. The summed E-state index contributed by atoms with van der Waals surface area (Å²) in [6, 6.07) is 6.89. The Morgan fingerprint density at radius 1 is 1.10 bits per heavy atom. The third kappa shape index (κ3) is 6.83. The summed E-state index contributed by atoms with van der Waals surface area (Å²) in [5.74, 6) is -1.23. The molecule has 8 heteroatoms. The Kier molecular flexibility index (Phi) is 7.27. The molecule has 1 N–H and O–H groups in total. The minimum absolute atomic E-state index is 0.0793. The largest absolute Gasteiger partial charge is 0.475 e. The van der Waals surface area contributed by atoms with Crippen LogP contribution in [0.4, 0.5) is 4.79 Å². The van der Waals surface area contributed by atoms with Crippen molar-refractivity contribution < 1.29 is 28.3 Å². The Labute approximate surface area is 185 Å². The van der Waals surface area contributed by atoms with Crippen LogP contribution in [0.25, 0.3) is 11.0 Å². The van der Waals surface area contributed by atoms with Gasteiger partial charge in [-0.25, -0.2) is 9.59 Å². The monoisotopic (exact) mass is 449 g/mol. The first-order chi connectivity index (χ1) is 14.1. The lowest BCUT2D eigenvalue weighted by molar-refractivity contribution is 0.0205. The van der Waals surface area contributed by atoms with Gasteiger partial charge in [-0.1, -0.05) is 32.9 Å². The van der Waals surface area contributed by atoms with Gasteiger partial charge in [-0.05, 0) is 56.6 Å². The van der Waals surface area contributed by atoms with Crippen LogP contribution in [0.15, 0.2) is 28.7 Å². The number of nitrogens with zero attached hydrogens (tertiary/aromatic N) is 1. The quantitative estimate of drug-likeness (QED) is 0.530. The molecule has 1 amide bonds. The zero-order valence-electron chi connectivity index (χ0n) is 19.9. The SMILES string of the molecule is CC(C)(C)OC(=O)N(CCO[Si](C)(C)C(C)(C)C)Cc1ccc2cc(C(=O)O)oc2c1. The van der Waals surface area contributed by atoms with Crippen LogP contribution < -0.4 is 0 Å². The van der Waals surface area contributed by atoms with E-state index in [0.717, 1.165) is 5.56 Å². The standard InChI is InChI=1S/C23H35NO6Si/c1-22(2,3)30-21(27)24(11-12-28-31(7,8)23(4,5)6)15-16-9-10-17-14-19(20(25)26)29-18(17)13-16/h9-10,13-14H,11-12,15H2,1-8H3,(H,25,26). The predicted molar refractivity (Wildman–Crippen MR) is 123 cm³/mol. The van der Waals surface area contributed by atoms with E-state index in [1.807, 2.05) is 26.8 Å². The van der Waals surface area contributed by atoms with Gasteiger partial charge in [0.15, 0.2) is 8.32 Å². The fraction of sp³-hybridized carbons (Fsp3) is 0.565. The van der Waals surface area contributed by atoms with Gasteiger partial charge in [0.05, 0.1) is 6.61 Å². The van der Waals surface area contributed by atoms with Crippen LogP contribution >= 0.6 is 0 Å². The molecular weight excluding hydrogens is 414 g/mol. The van der Waals surface area contributed by atoms with Crippen molar-refractivity contribution in [2.75, 3.05) is 13.2 Å². The lowest BCUT2D eigenvalue weighted by Gasteiger charge is -2.37. The molecule has 31 heavy (non-hydrogen) atoms. The summed E-state index contributed by atoms with van der Waals surface area (Å²) in [4.78, 5) is 25.6. The number of hydrogen-bond acceptors (Lipinski definition) is 5. The Hall–Kier alpha value is -2.32. The molecule has 0 radical (unpaired) electrons. The molecule has 0 saturated carbocycles. The van der Waals surface area contributed by atoms with Crippen LogP contribution in [0.5, 0.6) is 0 Å². The molecule has 7 nitrogen and oxygen atoms in total. The van der Waals surface area contributed by atoms with Gasteiger partial charge in [0.2, 0.25) is 5.76 Å². The summed E-state index contributed by atoms with van der Waals surface area (Å²) in [6.45, 7) is 17.5. The van der Waals surface area contributed by atoms with E-state index in [4.69, 9.17) is 18.7 Å². The summed E-state index contributed by atoms with van der Waals surface area (Å²) in [6.07, 6.45) is -0.419. The average molecular weight is 450 g/mol. The topological polar surface area (TPSA) is 89.2 Å². The van der Waals surface area contributed by atoms with Crippen LogP contribution in [0.2, 0.25) is 18.1 Å². The maximum absolute atomic E-state index is 12.8. The third-order valence-corrected chi connectivity index (χ3v) is 9.99. The molecule has 0 fully saturated rings. The van der Waals surface area contributed by atoms with Crippen molar-refractivity contribution in [2.24, 2.45) is 0 Å². The number of carbonyl (C=O) groups is 2. The Morgan fingerprint density at radius 2 is 1.74 bits per heavy atom. The van der Waals surface area contributed by atoms with Gasteiger partial charge in [0.1, 0.15) is 11.2 Å². The summed E-state index contributed by atoms with van der Waals surface area (Å²) in [5, 5.41) is 9.91. The third-order valence-electron chi connectivity index (χ3n) is 5.45. The number of carboxylic acids is 1. The molecule has 1 aromatic carbocycles. The molecule has 1 aromatic heterocycles. The highest BCUT2D eigenvalue weighted by molar-refractivity contribution is 6.74. The van der Waals surface area contributed by atoms with Crippen LogP contribution in [0.1, 0.15) is 57.7 Å². The van der Waals surface area contributed by atoms with Crippen LogP contribution in [0.3, 0.4) is 0 Å². The van der Waals surface area contributed by atoms with Gasteiger partial charge >= 0.3 is 12.1 Å². The Morgan fingerprint density at radius 3 is 2.29 bits per heavy atom. The molecule has 0 unspecified atom stereocenters. The fourth-order valence-electron chi connectivity index (χ4n) is 2.69. The van der Waals surface area contributed by atoms with E-state index in [-0.39, 0.29) is 10.8 Å². The van der Waals surface area contributed by atoms with Crippen molar-refractivity contribution in [3.05, 3.63) is 35.6 Å². The number of rotatable bonds is 7. The van der Waals surface area contributed by atoms with E-state index in [0.29, 0.717) is 30.7 Å². The summed E-state index contributed by atoms with van der Waals surface area (Å²) < 4.78 is 17.2. The summed E-state index contributed by atoms with van der Waals surface area (Å²) in [7, 11) is -1.94. The second-order valence-corrected chi connectivity index (χ2v) is 15.1. The minimum atomic E-state index is -1.94. The number of carboxylic acid groups (broad SMARTS) is 1. The normalized spacial score (nSPS) is 12.8. The van der Waals surface area contributed by atoms with Crippen molar-refractivity contribution in [3.63, 3.8) is 0 Å². The van der Waals surface area contributed by atoms with Crippen molar-refractivity contribution in [1.82, 2.24) is 4.90 Å². The molecule has 0 bridgehead atoms. The number of aromatic carboxylic acids is 1. The first-order valence-corrected chi connectivity index (χ1v) is 13.4. The van der Waals surface area contributed by atoms with Crippen LogP contribution in [0, 0.1) is 0 Å². The molecule has 0 saturated heterocycles. The van der Waals surface area contributed by atoms with Crippen molar-refractivity contribution in [2.45, 2.75) is 71.8 Å². The molecule has 172 valence electrons. The molecular formula is C23H35NO6Si. The van der Waals surface area contributed by atoms with Crippen LogP contribution in [-0.2, 0) is 15.7 Å². The van der Waals surface area contributed by atoms with Gasteiger partial charge in [0, 0.05) is 18.5 Å². The van der Waals surface area contributed by atoms with E-state index in [2.05, 4.69) is 33.9 Å². The molecule has 0 spiro atoms. The number of furan rings is 1. The number of hydrogen-bond donors (Lipinski definition) is 1. The maximum atomic E-state index is 12.8. The average Bonchev–Trinajstić information content (AvgIpc) is 3.02. The smallest absolute Gasteiger partial charge is 0.410 e. The first-order valence-electron chi connectivity index (χ1n) is 10.5. The molecule has 0 aliphatic carbocycles. The van der Waals surface area contributed by atoms with E-state index < -0.39 is 26.0 Å². The lowest BCUT2D eigenvalue weighted by Crippen LogP contribution is -2.44. The van der Waals surface area contributed by atoms with Gasteiger partial charge < -0.3 is 23.6 Å². The Balaban J connectivity index is 2.19. The molecule has 0 aliphatic heterocycles. The number of amides is 1. The summed E-state index contributed by atoms with van der Waals surface area (Å²) >= 11 is 0.